The fourth-order valence-electron chi connectivity index (χ4n) is 4.28. The molecule has 0 spiro atoms. The van der Waals surface area contributed by atoms with Crippen molar-refractivity contribution < 1.29 is 47.8 Å². The minimum atomic E-state index is -1.35. The van der Waals surface area contributed by atoms with E-state index in [9.17, 15) is 28.8 Å². The van der Waals surface area contributed by atoms with Crippen LogP contribution in [0.15, 0.2) is 96.0 Å². The molecule has 0 radical (unpaired) electrons. The van der Waals surface area contributed by atoms with Gasteiger partial charge in [0, 0.05) is 19.4 Å². The van der Waals surface area contributed by atoms with Crippen LogP contribution in [0.25, 0.3) is 0 Å². The van der Waals surface area contributed by atoms with Crippen molar-refractivity contribution in [2.24, 2.45) is 4.99 Å². The van der Waals surface area contributed by atoms with Gasteiger partial charge in [-0.3, -0.25) is 25.2 Å². The topological polar surface area (TPSA) is 191 Å². The molecule has 0 aromatic heterocycles. The molecule has 0 saturated carbocycles. The number of carbonyl (C=O) groups excluding carboxylic acids is 6. The number of carbonyl (C=O) groups is 6. The Morgan fingerprint density at radius 1 is 0.653 bits per heavy atom. The third kappa shape index (κ3) is 12.5. The van der Waals surface area contributed by atoms with Crippen LogP contribution in [0.3, 0.4) is 0 Å². The molecule has 15 heteroatoms. The van der Waals surface area contributed by atoms with Gasteiger partial charge in [-0.2, -0.15) is 0 Å². The first-order chi connectivity index (χ1) is 23.8. The molecule has 3 aromatic carbocycles. The second-order valence-electron chi connectivity index (χ2n) is 10.5. The molecule has 3 N–H and O–H groups in total. The van der Waals surface area contributed by atoms with E-state index >= 15 is 0 Å². The molecule has 0 unspecified atom stereocenters. The highest BCUT2D eigenvalue weighted by Gasteiger charge is 2.35. The summed E-state index contributed by atoms with van der Waals surface area (Å²) < 4.78 is 15.6. The molecular weight excluding hydrogens is 638 g/mol. The van der Waals surface area contributed by atoms with E-state index in [1.165, 1.54) is 0 Å². The zero-order valence-electron chi connectivity index (χ0n) is 26.4. The minimum Gasteiger partial charge on any atom is -0.445 e. The fourth-order valence-corrected chi connectivity index (χ4v) is 4.28. The van der Waals surface area contributed by atoms with Crippen molar-refractivity contribution in [1.82, 2.24) is 21.0 Å². The number of hydroxylamine groups is 2. The second kappa shape index (κ2) is 18.8. The van der Waals surface area contributed by atoms with Gasteiger partial charge in [0.25, 0.3) is 11.8 Å². The maximum Gasteiger partial charge on any atom is 0.414 e. The number of hydrogen-bond donors (Lipinski definition) is 3. The van der Waals surface area contributed by atoms with Gasteiger partial charge in [-0.15, -0.1) is 5.06 Å². The molecule has 256 valence electrons. The maximum atomic E-state index is 13.0. The smallest absolute Gasteiger partial charge is 0.414 e. The van der Waals surface area contributed by atoms with Gasteiger partial charge in [-0.25, -0.2) is 19.2 Å². The molecule has 1 aliphatic rings. The summed E-state index contributed by atoms with van der Waals surface area (Å²) in [5, 5.41) is 7.50. The Balaban J connectivity index is 1.37. The van der Waals surface area contributed by atoms with E-state index in [0.717, 1.165) is 11.1 Å². The van der Waals surface area contributed by atoms with E-state index in [-0.39, 0.29) is 58.0 Å². The summed E-state index contributed by atoms with van der Waals surface area (Å²) in [7, 11) is 0. The monoisotopic (exact) mass is 673 g/mol. The van der Waals surface area contributed by atoms with Gasteiger partial charge in [0.2, 0.25) is 5.96 Å². The maximum absolute atomic E-state index is 13.0. The van der Waals surface area contributed by atoms with Gasteiger partial charge in [-0.1, -0.05) is 91.0 Å². The Bertz CT molecular complexity index is 1540. The number of alkyl carbamates (subject to hydrolysis) is 3. The molecule has 1 saturated heterocycles. The number of nitrogens with one attached hydrogen (secondary N) is 3. The molecule has 1 aliphatic heterocycles. The predicted octanol–water partition coefficient (Wildman–Crippen LogP) is 3.88. The third-order valence-corrected chi connectivity index (χ3v) is 6.76. The number of hydrogen-bond acceptors (Lipinski definition) is 11. The third-order valence-electron chi connectivity index (χ3n) is 6.76. The largest absolute Gasteiger partial charge is 0.445 e. The number of benzene rings is 3. The Hall–Kier alpha value is -6.25. The van der Waals surface area contributed by atoms with Gasteiger partial charge in [0.05, 0.1) is 0 Å². The average Bonchev–Trinajstić information content (AvgIpc) is 3.43. The Kier molecular flexibility index (Phi) is 13.6. The second-order valence-corrected chi connectivity index (χ2v) is 10.5. The number of rotatable bonds is 13. The summed E-state index contributed by atoms with van der Waals surface area (Å²) in [6.07, 6.45) is -2.98. The number of ether oxygens (including phenoxy) is 3. The summed E-state index contributed by atoms with van der Waals surface area (Å²) in [6, 6.07) is 25.3. The number of amides is 5. The van der Waals surface area contributed by atoms with Crippen molar-refractivity contribution in [2.75, 3.05) is 6.54 Å². The Labute approximate surface area is 281 Å². The minimum absolute atomic E-state index is 0.0454. The number of nitrogens with zero attached hydrogens (tertiary/aromatic N) is 2. The van der Waals surface area contributed by atoms with Crippen molar-refractivity contribution in [2.45, 2.75) is 51.5 Å². The van der Waals surface area contributed by atoms with Gasteiger partial charge < -0.3 is 24.4 Å². The Morgan fingerprint density at radius 3 is 1.53 bits per heavy atom. The van der Waals surface area contributed by atoms with Crippen LogP contribution >= 0.6 is 0 Å². The molecule has 3 aromatic rings. The lowest BCUT2D eigenvalue weighted by molar-refractivity contribution is -0.199. The molecule has 0 bridgehead atoms. The van der Waals surface area contributed by atoms with Crippen molar-refractivity contribution in [3.05, 3.63) is 108 Å². The molecule has 1 fully saturated rings. The molecular formula is C34H35N5O10. The quantitative estimate of drug-likeness (QED) is 0.0789. The molecule has 1 atom stereocenters. The normalized spacial score (nSPS) is 12.7. The zero-order valence-corrected chi connectivity index (χ0v) is 26.4. The van der Waals surface area contributed by atoms with Crippen LogP contribution in [-0.4, -0.2) is 59.7 Å². The summed E-state index contributed by atoms with van der Waals surface area (Å²) in [4.78, 5) is 83.8. The van der Waals surface area contributed by atoms with Gasteiger partial charge >= 0.3 is 24.2 Å². The highest BCUT2D eigenvalue weighted by molar-refractivity contribution is 6.02. The van der Waals surface area contributed by atoms with E-state index in [4.69, 9.17) is 19.0 Å². The van der Waals surface area contributed by atoms with Crippen LogP contribution < -0.4 is 16.0 Å². The van der Waals surface area contributed by atoms with E-state index in [1.54, 1.807) is 78.9 Å². The van der Waals surface area contributed by atoms with Crippen molar-refractivity contribution in [3.8, 4) is 0 Å². The molecule has 5 amide bonds. The van der Waals surface area contributed by atoms with Crippen LogP contribution in [-0.2, 0) is 53.3 Å². The fraction of sp³-hybridized carbons (Fsp3) is 0.265. The number of imide groups is 1. The first-order valence-electron chi connectivity index (χ1n) is 15.3. The SMILES string of the molecule is O=C(NC(=NCCC[C@@H](NC(=O)OCc1ccccc1)C(=O)ON1C(=O)CCC1=O)NC(=O)OCc1ccccc1)OCc1ccccc1. The zero-order chi connectivity index (χ0) is 34.8. The predicted molar refractivity (Wildman–Crippen MR) is 172 cm³/mol. The molecule has 4 rings (SSSR count). The van der Waals surface area contributed by atoms with E-state index in [1.807, 2.05) is 12.1 Å². The standard InChI is InChI=1S/C34H35N5O10/c40-28-18-19-29(41)39(28)49-30(42)27(36-32(43)46-21-24-11-4-1-5-12-24)17-10-20-35-31(37-33(44)47-22-25-13-6-2-7-14-25)38-34(45)48-23-26-15-8-3-9-16-26/h1-9,11-16,27H,10,17-23H2,(H,36,43)(H2,35,37,38,44,45)/t27-/m1/s1. The summed E-state index contributed by atoms with van der Waals surface area (Å²) in [6.45, 7) is -0.255. The number of aliphatic imine (C=N–C) groups is 1. The van der Waals surface area contributed by atoms with Gasteiger partial charge in [0.15, 0.2) is 0 Å². The van der Waals surface area contributed by atoms with Crippen LogP contribution in [0.1, 0.15) is 42.4 Å². The molecule has 1 heterocycles. The van der Waals surface area contributed by atoms with Crippen LogP contribution in [0.5, 0.6) is 0 Å². The first-order valence-corrected chi connectivity index (χ1v) is 15.3. The molecule has 0 aliphatic carbocycles. The van der Waals surface area contributed by atoms with Crippen LogP contribution in [0, 0.1) is 0 Å². The first kappa shape index (κ1) is 35.6. The molecule has 15 nitrogen and oxygen atoms in total. The summed E-state index contributed by atoms with van der Waals surface area (Å²) in [5.41, 5.74) is 2.17. The van der Waals surface area contributed by atoms with Gasteiger partial charge in [0.1, 0.15) is 25.9 Å². The van der Waals surface area contributed by atoms with E-state index in [2.05, 4.69) is 20.9 Å². The summed E-state index contributed by atoms with van der Waals surface area (Å²) in [5.74, 6) is -2.74. The lowest BCUT2D eigenvalue weighted by Gasteiger charge is -2.20. The highest BCUT2D eigenvalue weighted by atomic mass is 16.7. The van der Waals surface area contributed by atoms with E-state index in [0.29, 0.717) is 10.6 Å². The van der Waals surface area contributed by atoms with Gasteiger partial charge in [-0.05, 0) is 29.5 Å². The van der Waals surface area contributed by atoms with Crippen LogP contribution in [0.4, 0.5) is 14.4 Å². The number of guanidine groups is 1. The van der Waals surface area contributed by atoms with Crippen molar-refractivity contribution in [3.63, 3.8) is 0 Å². The average molecular weight is 674 g/mol. The molecule has 49 heavy (non-hydrogen) atoms. The van der Waals surface area contributed by atoms with Crippen molar-refractivity contribution in [1.29, 1.82) is 0 Å². The van der Waals surface area contributed by atoms with Crippen molar-refractivity contribution >= 4 is 42.0 Å². The van der Waals surface area contributed by atoms with Crippen LogP contribution in [0.2, 0.25) is 0 Å². The Morgan fingerprint density at radius 2 is 1.08 bits per heavy atom. The van der Waals surface area contributed by atoms with E-state index < -0.39 is 42.1 Å². The lowest BCUT2D eigenvalue weighted by Crippen LogP contribution is -2.46. The summed E-state index contributed by atoms with van der Waals surface area (Å²) >= 11 is 0. The highest BCUT2D eigenvalue weighted by Crippen LogP contribution is 2.14. The lowest BCUT2D eigenvalue weighted by atomic mass is 10.1.